The Bertz CT molecular complexity index is 1310. The van der Waals surface area contributed by atoms with E-state index < -0.39 is 16.6 Å². The number of nitro groups is 1. The number of piperidine rings is 1. The predicted molar refractivity (Wildman–Crippen MR) is 141 cm³/mol. The van der Waals surface area contributed by atoms with Gasteiger partial charge in [0.25, 0.3) is 11.6 Å². The van der Waals surface area contributed by atoms with Crippen LogP contribution in [0.15, 0.2) is 41.8 Å². The van der Waals surface area contributed by atoms with Gasteiger partial charge in [0.15, 0.2) is 21.8 Å². The van der Waals surface area contributed by atoms with Crippen LogP contribution in [0.5, 0.6) is 5.75 Å². The van der Waals surface area contributed by atoms with Crippen molar-refractivity contribution in [3.63, 3.8) is 0 Å². The maximum Gasteiger partial charge on any atom is 0.293 e. The van der Waals surface area contributed by atoms with Gasteiger partial charge in [-0.05, 0) is 61.3 Å². The average Bonchev–Trinajstić information content (AvgIpc) is 3.32. The first kappa shape index (κ1) is 25.5. The number of anilines is 2. The number of benzene rings is 2. The van der Waals surface area contributed by atoms with Crippen LogP contribution in [0, 0.1) is 21.8 Å². The fourth-order valence-electron chi connectivity index (χ4n) is 3.92. The Kier molecular flexibility index (Phi) is 7.75. The van der Waals surface area contributed by atoms with E-state index in [2.05, 4.69) is 22.5 Å². The molecule has 0 aliphatic carbocycles. The first-order valence-corrected chi connectivity index (χ1v) is 12.5. The van der Waals surface area contributed by atoms with E-state index in [1.807, 2.05) is 4.90 Å². The third kappa shape index (κ3) is 5.77. The molecule has 0 saturated carbocycles. The third-order valence-corrected chi connectivity index (χ3v) is 6.92. The molecule has 188 valence electrons. The van der Waals surface area contributed by atoms with Crippen molar-refractivity contribution < 1.29 is 18.8 Å². The van der Waals surface area contributed by atoms with Crippen molar-refractivity contribution in [1.29, 1.82) is 0 Å². The maximum absolute atomic E-state index is 14.0. The van der Waals surface area contributed by atoms with Gasteiger partial charge in [0.2, 0.25) is 0 Å². The molecular weight excluding hydrogens is 505 g/mol. The number of carbonyl (C=O) groups is 1. The maximum atomic E-state index is 14.0. The van der Waals surface area contributed by atoms with Crippen LogP contribution >= 0.6 is 23.6 Å². The van der Waals surface area contributed by atoms with Crippen molar-refractivity contribution in [2.75, 3.05) is 30.4 Å². The Morgan fingerprint density at radius 2 is 2.03 bits per heavy atom. The molecule has 2 aromatic carbocycles. The number of nitrogens with zero attached hydrogens (tertiary/aromatic N) is 3. The number of methoxy groups -OCH3 is 1. The monoisotopic (exact) mass is 529 g/mol. The summed E-state index contributed by atoms with van der Waals surface area (Å²) < 4.78 is 18.9. The van der Waals surface area contributed by atoms with E-state index in [1.54, 1.807) is 23.6 Å². The van der Waals surface area contributed by atoms with Gasteiger partial charge in [-0.3, -0.25) is 20.2 Å². The summed E-state index contributed by atoms with van der Waals surface area (Å²) in [5.74, 6) is -0.362. The van der Waals surface area contributed by atoms with Gasteiger partial charge in [-0.15, -0.1) is 11.3 Å². The Morgan fingerprint density at radius 3 is 2.69 bits per heavy atom. The topological polar surface area (TPSA) is 110 Å². The number of rotatable bonds is 6. The number of hydrogen-bond acceptors (Lipinski definition) is 8. The second kappa shape index (κ2) is 11.0. The van der Waals surface area contributed by atoms with Gasteiger partial charge in [-0.1, -0.05) is 6.92 Å². The zero-order valence-corrected chi connectivity index (χ0v) is 21.2. The highest BCUT2D eigenvalue weighted by atomic mass is 32.1. The Balaban J connectivity index is 1.42. The molecule has 9 nitrogen and oxygen atoms in total. The zero-order chi connectivity index (χ0) is 25.8. The number of nitrogens with one attached hydrogen (secondary N) is 2. The van der Waals surface area contributed by atoms with Crippen molar-refractivity contribution in [3.8, 4) is 17.0 Å². The number of nitro benzene ring substituents is 1. The van der Waals surface area contributed by atoms with Crippen molar-refractivity contribution in [2.45, 2.75) is 19.8 Å². The number of thiazole rings is 1. The second-order valence-corrected chi connectivity index (χ2v) is 9.69. The van der Waals surface area contributed by atoms with E-state index in [4.69, 9.17) is 17.0 Å². The number of amides is 1. The van der Waals surface area contributed by atoms with E-state index in [1.165, 1.54) is 36.6 Å². The molecule has 0 radical (unpaired) electrons. The quantitative estimate of drug-likeness (QED) is 0.254. The molecular formula is C24H24FN5O4S2. The van der Waals surface area contributed by atoms with E-state index in [9.17, 15) is 19.3 Å². The predicted octanol–water partition coefficient (Wildman–Crippen LogP) is 5.23. The number of thiocarbonyl (C=S) groups is 1. The molecule has 4 rings (SSSR count). The second-order valence-electron chi connectivity index (χ2n) is 8.43. The number of halogens is 1. The summed E-state index contributed by atoms with van der Waals surface area (Å²) >= 11 is 6.45. The Hall–Kier alpha value is -3.64. The van der Waals surface area contributed by atoms with Crippen LogP contribution in [0.25, 0.3) is 11.3 Å². The molecule has 1 aromatic heterocycles. The normalized spacial score (nSPS) is 13.8. The molecule has 1 aliphatic rings. The largest absolute Gasteiger partial charge is 0.494 e. The number of carbonyl (C=O) groups excluding carboxylic acids is 1. The van der Waals surface area contributed by atoms with Gasteiger partial charge in [-0.25, -0.2) is 9.37 Å². The van der Waals surface area contributed by atoms with Crippen LogP contribution in [-0.2, 0) is 0 Å². The molecule has 2 heterocycles. The highest BCUT2D eigenvalue weighted by Crippen LogP contribution is 2.32. The van der Waals surface area contributed by atoms with Crippen molar-refractivity contribution in [3.05, 3.63) is 63.3 Å². The highest BCUT2D eigenvalue weighted by Gasteiger charge is 2.25. The van der Waals surface area contributed by atoms with Crippen molar-refractivity contribution in [1.82, 2.24) is 10.3 Å². The minimum Gasteiger partial charge on any atom is -0.494 e. The lowest BCUT2D eigenvalue weighted by molar-refractivity contribution is -0.384. The van der Waals surface area contributed by atoms with E-state index in [-0.39, 0.29) is 22.1 Å². The Morgan fingerprint density at radius 1 is 1.28 bits per heavy atom. The van der Waals surface area contributed by atoms with Gasteiger partial charge in [0, 0.05) is 35.7 Å². The number of hydrogen-bond donors (Lipinski definition) is 2. The van der Waals surface area contributed by atoms with Gasteiger partial charge >= 0.3 is 0 Å². The molecule has 12 heteroatoms. The molecule has 3 aromatic rings. The van der Waals surface area contributed by atoms with Crippen LogP contribution in [0.3, 0.4) is 0 Å². The van der Waals surface area contributed by atoms with Crippen LogP contribution in [-0.4, -0.2) is 41.1 Å². The summed E-state index contributed by atoms with van der Waals surface area (Å²) in [7, 11) is 1.39. The molecule has 0 unspecified atom stereocenters. The molecule has 0 bridgehead atoms. The van der Waals surface area contributed by atoms with Crippen LogP contribution < -0.4 is 20.3 Å². The molecule has 36 heavy (non-hydrogen) atoms. The summed E-state index contributed by atoms with van der Waals surface area (Å²) in [5, 5.41) is 19.2. The van der Waals surface area contributed by atoms with Gasteiger partial charge in [-0.2, -0.15) is 0 Å². The lowest BCUT2D eigenvalue weighted by Crippen LogP contribution is -2.35. The summed E-state index contributed by atoms with van der Waals surface area (Å²) in [5.41, 5.74) is 1.59. The summed E-state index contributed by atoms with van der Waals surface area (Å²) in [6.45, 7) is 3.64. The molecule has 1 fully saturated rings. The van der Waals surface area contributed by atoms with Crippen LogP contribution in [0.2, 0.25) is 0 Å². The van der Waals surface area contributed by atoms with E-state index in [0.29, 0.717) is 28.0 Å². The number of aromatic nitrogens is 1. The molecule has 0 atom stereocenters. The number of ether oxygens (including phenoxy) is 1. The van der Waals surface area contributed by atoms with Crippen molar-refractivity contribution >= 4 is 51.1 Å². The minimum atomic E-state index is -0.580. The highest BCUT2D eigenvalue weighted by molar-refractivity contribution is 7.80. The fourth-order valence-corrected chi connectivity index (χ4v) is 4.90. The van der Waals surface area contributed by atoms with Gasteiger partial charge in [0.1, 0.15) is 5.69 Å². The average molecular weight is 530 g/mol. The third-order valence-electron chi connectivity index (χ3n) is 5.96. The molecule has 2 N–H and O–H groups in total. The molecule has 1 saturated heterocycles. The molecule has 1 aliphatic heterocycles. The van der Waals surface area contributed by atoms with Crippen LogP contribution in [0.4, 0.5) is 20.9 Å². The lowest BCUT2D eigenvalue weighted by atomic mass is 9.98. The zero-order valence-electron chi connectivity index (χ0n) is 19.6. The smallest absolute Gasteiger partial charge is 0.293 e. The van der Waals surface area contributed by atoms with E-state index >= 15 is 0 Å². The van der Waals surface area contributed by atoms with Gasteiger partial charge < -0.3 is 15.0 Å². The fraction of sp³-hybridized carbons (Fsp3) is 0.292. The lowest BCUT2D eigenvalue weighted by Gasteiger charge is -2.31. The van der Waals surface area contributed by atoms with E-state index in [0.717, 1.165) is 25.9 Å². The standard InChI is InChI=1S/C24H24FN5O4S2/c1-14-7-9-29(10-8-14)19-5-3-16(12-20(19)30(32)33)22(31)27-23(35)28-24-26-18(13-36-24)15-4-6-21(34-2)17(25)11-15/h3-6,11-14H,7-10H2,1-2H3,(H2,26,27,28,31,35). The van der Waals surface area contributed by atoms with Gasteiger partial charge in [0.05, 0.1) is 17.7 Å². The Labute approximate surface area is 216 Å². The summed E-state index contributed by atoms with van der Waals surface area (Å²) in [6.07, 6.45) is 1.93. The summed E-state index contributed by atoms with van der Waals surface area (Å²) in [4.78, 5) is 30.3. The first-order valence-electron chi connectivity index (χ1n) is 11.2. The first-order chi connectivity index (χ1) is 17.2. The summed E-state index contributed by atoms with van der Waals surface area (Å²) in [6, 6.07) is 8.95. The molecule has 1 amide bonds. The SMILES string of the molecule is COc1ccc(-c2csc(NC(=S)NC(=O)c3ccc(N4CCC(C)CC4)c([N+](=O)[O-])c3)n2)cc1F. The van der Waals surface area contributed by atoms with Crippen LogP contribution in [0.1, 0.15) is 30.1 Å². The minimum absolute atomic E-state index is 0.0152. The molecule has 0 spiro atoms. The van der Waals surface area contributed by atoms with Crippen molar-refractivity contribution in [2.24, 2.45) is 5.92 Å².